The molecule has 2 aromatic rings. The Morgan fingerprint density at radius 3 is 2.65 bits per heavy atom. The van der Waals surface area contributed by atoms with E-state index >= 15 is 0 Å². The Morgan fingerprint density at radius 1 is 1.17 bits per heavy atom. The molecule has 118 valence electrons. The molecule has 0 atom stereocenters. The van der Waals surface area contributed by atoms with E-state index in [0.29, 0.717) is 17.7 Å². The van der Waals surface area contributed by atoms with Crippen molar-refractivity contribution in [1.82, 2.24) is 5.32 Å². The van der Waals surface area contributed by atoms with Gasteiger partial charge in [0.25, 0.3) is 5.91 Å². The molecular weight excluding hydrogens is 286 g/mol. The van der Waals surface area contributed by atoms with Crippen molar-refractivity contribution in [2.24, 2.45) is 0 Å². The van der Waals surface area contributed by atoms with Crippen LogP contribution in [0.15, 0.2) is 54.6 Å². The van der Waals surface area contributed by atoms with Crippen molar-refractivity contribution in [3.63, 3.8) is 0 Å². The van der Waals surface area contributed by atoms with Crippen molar-refractivity contribution in [3.05, 3.63) is 65.7 Å². The number of rotatable bonds is 7. The lowest BCUT2D eigenvalue weighted by atomic mass is 10.1. The van der Waals surface area contributed by atoms with Crippen LogP contribution in [0, 0.1) is 11.3 Å². The fourth-order valence-electron chi connectivity index (χ4n) is 2.41. The van der Waals surface area contributed by atoms with E-state index < -0.39 is 0 Å². The summed E-state index contributed by atoms with van der Waals surface area (Å²) in [6.45, 7) is 4.55. The number of anilines is 1. The normalized spacial score (nSPS) is 9.91. The molecular formula is C19H21N3O. The standard InChI is InChI=1S/C19H21N3O/c1-2-22(18-10-4-3-5-11-18)13-7-12-21-19(23)17-9-6-8-16(14-17)15-20/h3-6,8-11,14H,2,7,12-13H2,1H3,(H,21,23). The van der Waals surface area contributed by atoms with Crippen molar-refractivity contribution >= 4 is 11.6 Å². The minimum Gasteiger partial charge on any atom is -0.372 e. The van der Waals surface area contributed by atoms with Crippen LogP contribution < -0.4 is 10.2 Å². The second-order valence-electron chi connectivity index (χ2n) is 5.22. The average Bonchev–Trinajstić information content (AvgIpc) is 2.62. The highest BCUT2D eigenvalue weighted by molar-refractivity contribution is 5.94. The largest absolute Gasteiger partial charge is 0.372 e. The van der Waals surface area contributed by atoms with Crippen LogP contribution in [0.4, 0.5) is 5.69 Å². The lowest BCUT2D eigenvalue weighted by Crippen LogP contribution is -2.30. The Labute approximate surface area is 137 Å². The zero-order valence-electron chi connectivity index (χ0n) is 13.3. The van der Waals surface area contributed by atoms with Crippen LogP contribution in [0.1, 0.15) is 29.3 Å². The van der Waals surface area contributed by atoms with Gasteiger partial charge in [-0.3, -0.25) is 4.79 Å². The second-order valence-corrected chi connectivity index (χ2v) is 5.22. The highest BCUT2D eigenvalue weighted by Gasteiger charge is 2.07. The molecule has 0 saturated carbocycles. The van der Waals surface area contributed by atoms with Crippen molar-refractivity contribution in [3.8, 4) is 6.07 Å². The Balaban J connectivity index is 1.80. The van der Waals surface area contributed by atoms with Gasteiger partial charge in [0, 0.05) is 30.9 Å². The van der Waals surface area contributed by atoms with E-state index in [2.05, 4.69) is 29.3 Å². The Hall–Kier alpha value is -2.80. The molecule has 0 fully saturated rings. The van der Waals surface area contributed by atoms with E-state index in [-0.39, 0.29) is 5.91 Å². The summed E-state index contributed by atoms with van der Waals surface area (Å²) in [6, 6.07) is 19.0. The first-order chi connectivity index (χ1) is 11.2. The van der Waals surface area contributed by atoms with Gasteiger partial charge in [-0.15, -0.1) is 0 Å². The predicted molar refractivity (Wildman–Crippen MR) is 92.4 cm³/mol. The van der Waals surface area contributed by atoms with E-state index in [4.69, 9.17) is 5.26 Å². The Morgan fingerprint density at radius 2 is 1.96 bits per heavy atom. The highest BCUT2D eigenvalue weighted by atomic mass is 16.1. The zero-order chi connectivity index (χ0) is 16.5. The number of carbonyl (C=O) groups is 1. The molecule has 0 radical (unpaired) electrons. The molecule has 0 unspecified atom stereocenters. The minimum atomic E-state index is -0.134. The second kappa shape index (κ2) is 8.60. The number of carbonyl (C=O) groups excluding carboxylic acids is 1. The molecule has 0 bridgehead atoms. The topological polar surface area (TPSA) is 56.1 Å². The molecule has 23 heavy (non-hydrogen) atoms. The molecule has 4 heteroatoms. The molecule has 0 heterocycles. The van der Waals surface area contributed by atoms with Gasteiger partial charge in [0.15, 0.2) is 0 Å². The van der Waals surface area contributed by atoms with Gasteiger partial charge in [0.05, 0.1) is 11.6 Å². The first kappa shape index (κ1) is 16.6. The maximum absolute atomic E-state index is 12.1. The third-order valence-electron chi connectivity index (χ3n) is 3.65. The van der Waals surface area contributed by atoms with Gasteiger partial charge in [-0.2, -0.15) is 5.26 Å². The number of nitrogens with one attached hydrogen (secondary N) is 1. The molecule has 0 aromatic heterocycles. The van der Waals surface area contributed by atoms with E-state index in [1.807, 2.05) is 24.3 Å². The van der Waals surface area contributed by atoms with Gasteiger partial charge in [-0.25, -0.2) is 0 Å². The van der Waals surface area contributed by atoms with Gasteiger partial charge >= 0.3 is 0 Å². The van der Waals surface area contributed by atoms with Crippen LogP contribution in [-0.2, 0) is 0 Å². The highest BCUT2D eigenvalue weighted by Crippen LogP contribution is 2.12. The minimum absolute atomic E-state index is 0.134. The third kappa shape index (κ3) is 4.86. The smallest absolute Gasteiger partial charge is 0.251 e. The lowest BCUT2D eigenvalue weighted by Gasteiger charge is -2.23. The summed E-state index contributed by atoms with van der Waals surface area (Å²) in [4.78, 5) is 14.3. The van der Waals surface area contributed by atoms with E-state index in [1.165, 1.54) is 5.69 Å². The zero-order valence-corrected chi connectivity index (χ0v) is 13.3. The van der Waals surface area contributed by atoms with E-state index in [1.54, 1.807) is 24.3 Å². The Kier molecular flexibility index (Phi) is 6.19. The van der Waals surface area contributed by atoms with Crippen LogP contribution in [0.25, 0.3) is 0 Å². The molecule has 0 saturated heterocycles. The molecule has 0 aliphatic carbocycles. The molecule has 0 aliphatic heterocycles. The summed E-state index contributed by atoms with van der Waals surface area (Å²) in [5.41, 5.74) is 2.22. The van der Waals surface area contributed by atoms with E-state index in [0.717, 1.165) is 19.5 Å². The van der Waals surface area contributed by atoms with Gasteiger partial charge in [-0.1, -0.05) is 24.3 Å². The summed E-state index contributed by atoms with van der Waals surface area (Å²) in [5, 5.41) is 11.8. The van der Waals surface area contributed by atoms with Crippen molar-refractivity contribution < 1.29 is 4.79 Å². The summed E-state index contributed by atoms with van der Waals surface area (Å²) >= 11 is 0. The van der Waals surface area contributed by atoms with Crippen molar-refractivity contribution in [2.45, 2.75) is 13.3 Å². The van der Waals surface area contributed by atoms with Gasteiger partial charge < -0.3 is 10.2 Å². The number of hydrogen-bond donors (Lipinski definition) is 1. The lowest BCUT2D eigenvalue weighted by molar-refractivity contribution is 0.0953. The number of hydrogen-bond acceptors (Lipinski definition) is 3. The number of para-hydroxylation sites is 1. The van der Waals surface area contributed by atoms with Crippen LogP contribution in [0.2, 0.25) is 0 Å². The molecule has 0 aliphatic rings. The Bertz CT molecular complexity index is 677. The quantitative estimate of drug-likeness (QED) is 0.799. The maximum Gasteiger partial charge on any atom is 0.251 e. The van der Waals surface area contributed by atoms with Crippen LogP contribution in [0.5, 0.6) is 0 Å². The summed E-state index contributed by atoms with van der Waals surface area (Å²) < 4.78 is 0. The molecule has 1 N–H and O–H groups in total. The average molecular weight is 307 g/mol. The first-order valence-corrected chi connectivity index (χ1v) is 7.83. The summed E-state index contributed by atoms with van der Waals surface area (Å²) in [5.74, 6) is -0.134. The number of amides is 1. The first-order valence-electron chi connectivity index (χ1n) is 7.83. The summed E-state index contributed by atoms with van der Waals surface area (Å²) in [6.07, 6.45) is 0.867. The SMILES string of the molecule is CCN(CCCNC(=O)c1cccc(C#N)c1)c1ccccc1. The number of benzene rings is 2. The monoisotopic (exact) mass is 307 g/mol. The van der Waals surface area contributed by atoms with Gasteiger partial charge in [0.2, 0.25) is 0 Å². The third-order valence-corrected chi connectivity index (χ3v) is 3.65. The molecule has 0 spiro atoms. The number of nitriles is 1. The summed E-state index contributed by atoms with van der Waals surface area (Å²) in [7, 11) is 0. The van der Waals surface area contributed by atoms with Gasteiger partial charge in [-0.05, 0) is 43.7 Å². The maximum atomic E-state index is 12.1. The predicted octanol–water partition coefficient (Wildman–Crippen LogP) is 3.20. The van der Waals surface area contributed by atoms with E-state index in [9.17, 15) is 4.79 Å². The molecule has 2 aromatic carbocycles. The fourth-order valence-corrected chi connectivity index (χ4v) is 2.41. The van der Waals surface area contributed by atoms with Crippen LogP contribution in [0.3, 0.4) is 0 Å². The fraction of sp³-hybridized carbons (Fsp3) is 0.263. The van der Waals surface area contributed by atoms with Crippen LogP contribution in [-0.4, -0.2) is 25.5 Å². The molecule has 2 rings (SSSR count). The van der Waals surface area contributed by atoms with Crippen LogP contribution >= 0.6 is 0 Å². The van der Waals surface area contributed by atoms with Crippen molar-refractivity contribution in [1.29, 1.82) is 5.26 Å². The molecule has 4 nitrogen and oxygen atoms in total. The van der Waals surface area contributed by atoms with Gasteiger partial charge in [0.1, 0.15) is 0 Å². The van der Waals surface area contributed by atoms with Crippen molar-refractivity contribution in [2.75, 3.05) is 24.5 Å². The molecule has 1 amide bonds. The number of nitrogens with zero attached hydrogens (tertiary/aromatic N) is 2.